The molecule has 0 saturated carbocycles. The molecule has 1 aliphatic rings. The fourth-order valence-corrected chi connectivity index (χ4v) is 1.64. The molecule has 4 heteroatoms. The zero-order valence-corrected chi connectivity index (χ0v) is 8.49. The molecule has 0 aromatic heterocycles. The second kappa shape index (κ2) is 3.81. The molecule has 0 radical (unpaired) electrons. The molecule has 1 heterocycles. The van der Waals surface area contributed by atoms with Crippen LogP contribution in [-0.2, 0) is 4.79 Å². The lowest BCUT2D eigenvalue weighted by Gasteiger charge is -2.26. The Kier molecular flexibility index (Phi) is 2.49. The molecule has 0 bridgehead atoms. The zero-order chi connectivity index (χ0) is 10.8. The summed E-state index contributed by atoms with van der Waals surface area (Å²) < 4.78 is 5.55. The zero-order valence-electron chi connectivity index (χ0n) is 8.49. The number of ether oxygens (including phenoxy) is 1. The predicted molar refractivity (Wildman–Crippen MR) is 56.3 cm³/mol. The SMILES string of the molecule is Cc1ccc2c(c1)NCC(CC(=O)O)O2. The summed E-state index contributed by atoms with van der Waals surface area (Å²) in [4.78, 5) is 10.5. The van der Waals surface area contributed by atoms with Gasteiger partial charge in [-0.15, -0.1) is 0 Å². The molecule has 2 N–H and O–H groups in total. The smallest absolute Gasteiger partial charge is 0.307 e. The summed E-state index contributed by atoms with van der Waals surface area (Å²) in [6.45, 7) is 2.55. The first-order valence-corrected chi connectivity index (χ1v) is 4.88. The second-order valence-corrected chi connectivity index (χ2v) is 3.72. The van der Waals surface area contributed by atoms with Crippen LogP contribution < -0.4 is 10.1 Å². The van der Waals surface area contributed by atoms with E-state index in [2.05, 4.69) is 5.32 Å². The van der Waals surface area contributed by atoms with Gasteiger partial charge in [-0.25, -0.2) is 0 Å². The lowest BCUT2D eigenvalue weighted by atomic mass is 10.1. The molecule has 0 amide bonds. The number of carbonyl (C=O) groups is 1. The number of carboxylic acid groups (broad SMARTS) is 1. The van der Waals surface area contributed by atoms with Gasteiger partial charge < -0.3 is 15.2 Å². The van der Waals surface area contributed by atoms with E-state index in [1.54, 1.807) is 0 Å². The molecular weight excluding hydrogens is 194 g/mol. The van der Waals surface area contributed by atoms with Gasteiger partial charge in [0.25, 0.3) is 0 Å². The predicted octanol–water partition coefficient (Wildman–Crippen LogP) is 1.64. The van der Waals surface area contributed by atoms with Crippen molar-refractivity contribution in [2.45, 2.75) is 19.4 Å². The maximum absolute atomic E-state index is 10.5. The van der Waals surface area contributed by atoms with E-state index in [1.165, 1.54) is 0 Å². The summed E-state index contributed by atoms with van der Waals surface area (Å²) in [5, 5.41) is 11.8. The number of hydrogen-bond donors (Lipinski definition) is 2. The van der Waals surface area contributed by atoms with Crippen LogP contribution in [0.1, 0.15) is 12.0 Å². The molecule has 1 atom stereocenters. The van der Waals surface area contributed by atoms with Crippen LogP contribution in [0.25, 0.3) is 0 Å². The van der Waals surface area contributed by atoms with Crippen molar-refractivity contribution in [3.8, 4) is 5.75 Å². The van der Waals surface area contributed by atoms with E-state index >= 15 is 0 Å². The van der Waals surface area contributed by atoms with Crippen LogP contribution in [-0.4, -0.2) is 23.7 Å². The van der Waals surface area contributed by atoms with Crippen LogP contribution in [0.15, 0.2) is 18.2 Å². The highest BCUT2D eigenvalue weighted by Crippen LogP contribution is 2.30. The van der Waals surface area contributed by atoms with Gasteiger partial charge in [0.2, 0.25) is 0 Å². The van der Waals surface area contributed by atoms with E-state index in [0.29, 0.717) is 6.54 Å². The fourth-order valence-electron chi connectivity index (χ4n) is 1.64. The maximum atomic E-state index is 10.5. The summed E-state index contributed by atoms with van der Waals surface area (Å²) in [6.07, 6.45) is -0.252. The van der Waals surface area contributed by atoms with E-state index in [1.807, 2.05) is 25.1 Å². The Balaban J connectivity index is 2.13. The highest BCUT2D eigenvalue weighted by atomic mass is 16.5. The number of benzene rings is 1. The number of aryl methyl sites for hydroxylation is 1. The number of fused-ring (bicyclic) bond motifs is 1. The molecule has 1 aliphatic heterocycles. The first-order valence-electron chi connectivity index (χ1n) is 4.88. The van der Waals surface area contributed by atoms with E-state index in [9.17, 15) is 4.79 Å². The highest BCUT2D eigenvalue weighted by Gasteiger charge is 2.21. The number of carboxylic acids is 1. The number of anilines is 1. The van der Waals surface area contributed by atoms with Crippen molar-refractivity contribution >= 4 is 11.7 Å². The number of rotatable bonds is 2. The van der Waals surface area contributed by atoms with Crippen LogP contribution in [0.2, 0.25) is 0 Å². The molecule has 2 rings (SSSR count). The molecule has 0 fully saturated rings. The minimum atomic E-state index is -0.836. The van der Waals surface area contributed by atoms with Gasteiger partial charge in [0.15, 0.2) is 0 Å². The third-order valence-corrected chi connectivity index (χ3v) is 2.35. The quantitative estimate of drug-likeness (QED) is 0.774. The van der Waals surface area contributed by atoms with Crippen molar-refractivity contribution in [1.29, 1.82) is 0 Å². The van der Waals surface area contributed by atoms with Gasteiger partial charge in [-0.1, -0.05) is 6.07 Å². The number of aliphatic carboxylic acids is 1. The van der Waals surface area contributed by atoms with Crippen molar-refractivity contribution in [1.82, 2.24) is 0 Å². The van der Waals surface area contributed by atoms with Crippen LogP contribution in [0, 0.1) is 6.92 Å². The first kappa shape index (κ1) is 9.83. The Hall–Kier alpha value is -1.71. The summed E-state index contributed by atoms with van der Waals surface area (Å²) in [5.74, 6) is -0.101. The van der Waals surface area contributed by atoms with Gasteiger partial charge in [-0.3, -0.25) is 4.79 Å². The highest BCUT2D eigenvalue weighted by molar-refractivity contribution is 5.68. The van der Waals surface area contributed by atoms with Gasteiger partial charge in [-0.05, 0) is 24.6 Å². The van der Waals surface area contributed by atoms with E-state index in [-0.39, 0.29) is 12.5 Å². The molecule has 0 saturated heterocycles. The summed E-state index contributed by atoms with van der Waals surface area (Å²) in [6, 6.07) is 5.81. The van der Waals surface area contributed by atoms with Gasteiger partial charge in [0.1, 0.15) is 11.9 Å². The molecular formula is C11H13NO3. The van der Waals surface area contributed by atoms with Crippen molar-refractivity contribution < 1.29 is 14.6 Å². The summed E-state index contributed by atoms with van der Waals surface area (Å²) in [5.41, 5.74) is 2.10. The Morgan fingerprint density at radius 2 is 2.47 bits per heavy atom. The molecule has 4 nitrogen and oxygen atoms in total. The number of nitrogens with one attached hydrogen (secondary N) is 1. The topological polar surface area (TPSA) is 58.6 Å². The van der Waals surface area contributed by atoms with Crippen molar-refractivity contribution in [2.24, 2.45) is 0 Å². The normalized spacial score (nSPS) is 18.6. The lowest BCUT2D eigenvalue weighted by Crippen LogP contribution is -2.32. The average molecular weight is 207 g/mol. The van der Waals surface area contributed by atoms with Crippen molar-refractivity contribution in [3.63, 3.8) is 0 Å². The Labute approximate surface area is 87.9 Å². The molecule has 1 aromatic carbocycles. The van der Waals surface area contributed by atoms with Gasteiger partial charge in [-0.2, -0.15) is 0 Å². The number of hydrogen-bond acceptors (Lipinski definition) is 3. The molecule has 15 heavy (non-hydrogen) atoms. The van der Waals surface area contributed by atoms with Crippen LogP contribution in [0.3, 0.4) is 0 Å². The average Bonchev–Trinajstić information content (AvgIpc) is 2.17. The van der Waals surface area contributed by atoms with Crippen LogP contribution >= 0.6 is 0 Å². The Bertz CT molecular complexity index is 389. The van der Waals surface area contributed by atoms with Crippen molar-refractivity contribution in [2.75, 3.05) is 11.9 Å². The molecule has 0 spiro atoms. The monoisotopic (exact) mass is 207 g/mol. The molecule has 80 valence electrons. The third kappa shape index (κ3) is 2.21. The van der Waals surface area contributed by atoms with E-state index in [0.717, 1.165) is 17.0 Å². The second-order valence-electron chi connectivity index (χ2n) is 3.72. The summed E-state index contributed by atoms with van der Waals surface area (Å²) >= 11 is 0. The molecule has 0 aliphatic carbocycles. The minimum absolute atomic E-state index is 0.0281. The van der Waals surface area contributed by atoms with Gasteiger partial charge in [0.05, 0.1) is 18.7 Å². The Morgan fingerprint density at radius 3 is 3.20 bits per heavy atom. The van der Waals surface area contributed by atoms with E-state index < -0.39 is 5.97 Å². The minimum Gasteiger partial charge on any atom is -0.486 e. The largest absolute Gasteiger partial charge is 0.486 e. The standard InChI is InChI=1S/C11H13NO3/c1-7-2-3-10-9(4-7)12-6-8(15-10)5-11(13)14/h2-4,8,12H,5-6H2,1H3,(H,13,14). The summed E-state index contributed by atoms with van der Waals surface area (Å²) in [7, 11) is 0. The molecule has 1 aromatic rings. The van der Waals surface area contributed by atoms with Crippen LogP contribution in [0.4, 0.5) is 5.69 Å². The first-order chi connectivity index (χ1) is 7.15. The van der Waals surface area contributed by atoms with E-state index in [4.69, 9.17) is 9.84 Å². The third-order valence-electron chi connectivity index (χ3n) is 2.35. The fraction of sp³-hybridized carbons (Fsp3) is 0.364. The molecule has 1 unspecified atom stereocenters. The van der Waals surface area contributed by atoms with Gasteiger partial charge in [0, 0.05) is 0 Å². The van der Waals surface area contributed by atoms with Crippen LogP contribution in [0.5, 0.6) is 5.75 Å². The lowest BCUT2D eigenvalue weighted by molar-refractivity contribution is -0.138. The Morgan fingerprint density at radius 1 is 1.67 bits per heavy atom. The van der Waals surface area contributed by atoms with Crippen molar-refractivity contribution in [3.05, 3.63) is 23.8 Å². The van der Waals surface area contributed by atoms with Gasteiger partial charge >= 0.3 is 5.97 Å². The maximum Gasteiger partial charge on any atom is 0.307 e.